The Labute approximate surface area is 143 Å². The third-order valence-electron chi connectivity index (χ3n) is 3.59. The van der Waals surface area contributed by atoms with Gasteiger partial charge in [-0.15, -0.1) is 0 Å². The summed E-state index contributed by atoms with van der Waals surface area (Å²) in [6.07, 6.45) is -0.754. The molecule has 7 heteroatoms. The molecule has 0 aliphatic carbocycles. The Balaban J connectivity index is 2.60. The first-order valence-corrected chi connectivity index (χ1v) is 7.27. The number of nitrogens with zero attached hydrogens (tertiary/aromatic N) is 3. The molecule has 2 aromatic rings. The van der Waals surface area contributed by atoms with Crippen molar-refractivity contribution in [3.63, 3.8) is 0 Å². The monoisotopic (exact) mass is 335 g/mol. The summed E-state index contributed by atoms with van der Waals surface area (Å²) in [6, 6.07) is 10.0. The van der Waals surface area contributed by atoms with Gasteiger partial charge in [-0.25, -0.2) is 4.98 Å². The Hall–Kier alpha value is -3.71. The molecule has 0 unspecified atom stereocenters. The fourth-order valence-corrected chi connectivity index (χ4v) is 2.26. The predicted octanol–water partition coefficient (Wildman–Crippen LogP) is 2.55. The normalized spacial score (nSPS) is 9.88. The van der Waals surface area contributed by atoms with Crippen molar-refractivity contribution in [2.45, 2.75) is 19.8 Å². The molecular weight excluding hydrogens is 322 g/mol. The van der Waals surface area contributed by atoms with Gasteiger partial charge in [0.15, 0.2) is 11.5 Å². The van der Waals surface area contributed by atoms with Gasteiger partial charge in [0.2, 0.25) is 0 Å². The van der Waals surface area contributed by atoms with E-state index in [1.165, 1.54) is 6.07 Å². The zero-order valence-electron chi connectivity index (χ0n) is 13.3. The highest BCUT2D eigenvalue weighted by molar-refractivity contribution is 5.99. The number of carboxylic acid groups (broad SMARTS) is 1. The number of pyridine rings is 1. The average molecular weight is 335 g/mol. The van der Waals surface area contributed by atoms with Crippen LogP contribution in [0.3, 0.4) is 0 Å². The highest BCUT2D eigenvalue weighted by atomic mass is 16.4. The zero-order chi connectivity index (χ0) is 18.6. The number of benzene rings is 1. The van der Waals surface area contributed by atoms with Crippen LogP contribution < -0.4 is 0 Å². The Morgan fingerprint density at radius 1 is 1.16 bits per heavy atom. The molecule has 0 spiro atoms. The Kier molecular flexibility index (Phi) is 5.11. The third kappa shape index (κ3) is 3.80. The lowest BCUT2D eigenvalue weighted by Gasteiger charge is -2.10. The molecule has 25 heavy (non-hydrogen) atoms. The molecule has 124 valence electrons. The van der Waals surface area contributed by atoms with Gasteiger partial charge >= 0.3 is 5.97 Å². The molecule has 2 N–H and O–H groups in total. The van der Waals surface area contributed by atoms with E-state index < -0.39 is 23.9 Å². The van der Waals surface area contributed by atoms with Crippen LogP contribution in [0, 0.1) is 29.6 Å². The fraction of sp³-hybridized carbons (Fsp3) is 0.167. The molecule has 7 nitrogen and oxygen atoms in total. The summed E-state index contributed by atoms with van der Waals surface area (Å²) >= 11 is 0. The van der Waals surface area contributed by atoms with Crippen LogP contribution in [-0.4, -0.2) is 26.9 Å². The Bertz CT molecular complexity index is 952. The maximum absolute atomic E-state index is 12.2. The largest absolute Gasteiger partial charge is 0.504 e. The number of aliphatic carboxylic acids is 1. The number of aromatic nitrogens is 1. The third-order valence-corrected chi connectivity index (χ3v) is 3.59. The molecule has 0 fully saturated rings. The number of rotatable bonds is 5. The highest BCUT2D eigenvalue weighted by Crippen LogP contribution is 2.30. The smallest absolute Gasteiger partial charge is 0.303 e. The van der Waals surface area contributed by atoms with E-state index >= 15 is 0 Å². The van der Waals surface area contributed by atoms with Crippen LogP contribution in [0.15, 0.2) is 24.3 Å². The zero-order valence-corrected chi connectivity index (χ0v) is 13.3. The molecule has 1 aromatic carbocycles. The molecule has 2 rings (SSSR count). The molecule has 0 saturated carbocycles. The van der Waals surface area contributed by atoms with E-state index in [-0.39, 0.29) is 23.4 Å². The topological polar surface area (TPSA) is 135 Å². The summed E-state index contributed by atoms with van der Waals surface area (Å²) in [4.78, 5) is 26.9. The number of Topliss-reactive ketones (excluding diaryl/α,β-unsaturated/α-hetero) is 1. The summed E-state index contributed by atoms with van der Waals surface area (Å²) < 4.78 is 0. The lowest BCUT2D eigenvalue weighted by molar-refractivity contribution is -0.136. The fourth-order valence-electron chi connectivity index (χ4n) is 2.26. The number of aromatic hydroxyl groups is 1. The van der Waals surface area contributed by atoms with Gasteiger partial charge in [0.25, 0.3) is 0 Å². The number of aryl methyl sites for hydroxylation is 1. The van der Waals surface area contributed by atoms with Gasteiger partial charge in [-0.05, 0) is 30.7 Å². The SMILES string of the molecule is Cc1ccc(C#N)cc1-c1cc(C#N)c(O)c(C(=O)CCC(=O)O)n1. The standard InChI is InChI=1S/C18H13N3O4/c1-10-2-3-11(8-19)6-13(10)14-7-12(9-20)18(25)17(21-14)15(22)4-5-16(23)24/h2-3,6-7,25H,4-5H2,1H3,(H,23,24). The number of carbonyl (C=O) groups is 2. The lowest BCUT2D eigenvalue weighted by atomic mass is 9.99. The van der Waals surface area contributed by atoms with Gasteiger partial charge in [0, 0.05) is 12.0 Å². The summed E-state index contributed by atoms with van der Waals surface area (Å²) in [5, 5.41) is 37.0. The number of nitriles is 2. The van der Waals surface area contributed by atoms with Crippen molar-refractivity contribution in [2.75, 3.05) is 0 Å². The van der Waals surface area contributed by atoms with E-state index in [0.29, 0.717) is 11.1 Å². The van der Waals surface area contributed by atoms with Crippen molar-refractivity contribution in [2.24, 2.45) is 0 Å². The quantitative estimate of drug-likeness (QED) is 0.801. The highest BCUT2D eigenvalue weighted by Gasteiger charge is 2.20. The molecule has 0 aliphatic rings. The summed E-state index contributed by atoms with van der Waals surface area (Å²) in [6.45, 7) is 1.78. The molecule has 0 bridgehead atoms. The maximum Gasteiger partial charge on any atom is 0.303 e. The van der Waals surface area contributed by atoms with E-state index in [9.17, 15) is 20.0 Å². The first-order chi connectivity index (χ1) is 11.9. The number of carboxylic acids is 1. The Morgan fingerprint density at radius 2 is 1.88 bits per heavy atom. The number of hydrogen-bond donors (Lipinski definition) is 2. The van der Waals surface area contributed by atoms with Gasteiger partial charge in [-0.3, -0.25) is 9.59 Å². The van der Waals surface area contributed by atoms with E-state index in [2.05, 4.69) is 4.98 Å². The van der Waals surface area contributed by atoms with Crippen molar-refractivity contribution in [1.82, 2.24) is 4.98 Å². The minimum Gasteiger partial charge on any atom is -0.504 e. The first kappa shape index (κ1) is 17.6. The van der Waals surface area contributed by atoms with Gasteiger partial charge in [0.05, 0.1) is 29.3 Å². The minimum atomic E-state index is -1.15. The second-order valence-electron chi connectivity index (χ2n) is 5.32. The van der Waals surface area contributed by atoms with Gasteiger partial charge in [-0.1, -0.05) is 6.07 Å². The van der Waals surface area contributed by atoms with Crippen molar-refractivity contribution >= 4 is 11.8 Å². The van der Waals surface area contributed by atoms with Crippen LogP contribution in [-0.2, 0) is 4.79 Å². The average Bonchev–Trinajstić information content (AvgIpc) is 2.60. The van der Waals surface area contributed by atoms with Crippen LogP contribution in [0.5, 0.6) is 5.75 Å². The first-order valence-electron chi connectivity index (χ1n) is 7.27. The molecule has 0 radical (unpaired) electrons. The van der Waals surface area contributed by atoms with E-state index in [0.717, 1.165) is 5.56 Å². The minimum absolute atomic E-state index is 0.148. The molecule has 1 heterocycles. The molecule has 0 amide bonds. The van der Waals surface area contributed by atoms with Gasteiger partial charge < -0.3 is 10.2 Å². The van der Waals surface area contributed by atoms with Crippen LogP contribution in [0.25, 0.3) is 11.3 Å². The predicted molar refractivity (Wildman–Crippen MR) is 86.7 cm³/mol. The molecule has 0 atom stereocenters. The summed E-state index contributed by atoms with van der Waals surface area (Å²) in [7, 11) is 0. The van der Waals surface area contributed by atoms with Crippen LogP contribution in [0.1, 0.15) is 40.0 Å². The summed E-state index contributed by atoms with van der Waals surface area (Å²) in [5.41, 5.74) is 1.45. The Morgan fingerprint density at radius 3 is 2.48 bits per heavy atom. The maximum atomic E-state index is 12.2. The van der Waals surface area contributed by atoms with Crippen LogP contribution in [0.4, 0.5) is 0 Å². The van der Waals surface area contributed by atoms with Crippen LogP contribution >= 0.6 is 0 Å². The van der Waals surface area contributed by atoms with Crippen LogP contribution in [0.2, 0.25) is 0 Å². The second kappa shape index (κ2) is 7.24. The van der Waals surface area contributed by atoms with Crippen molar-refractivity contribution < 1.29 is 19.8 Å². The van der Waals surface area contributed by atoms with Crippen molar-refractivity contribution in [3.8, 4) is 29.1 Å². The van der Waals surface area contributed by atoms with Crippen molar-refractivity contribution in [3.05, 3.63) is 46.6 Å². The molecule has 0 saturated heterocycles. The van der Waals surface area contributed by atoms with E-state index in [1.807, 2.05) is 6.07 Å². The summed E-state index contributed by atoms with van der Waals surface area (Å²) in [5.74, 6) is -2.40. The number of ketones is 1. The van der Waals surface area contributed by atoms with E-state index in [1.54, 1.807) is 31.2 Å². The second-order valence-corrected chi connectivity index (χ2v) is 5.32. The van der Waals surface area contributed by atoms with Gasteiger partial charge in [0.1, 0.15) is 11.8 Å². The molecule has 1 aromatic heterocycles. The van der Waals surface area contributed by atoms with E-state index in [4.69, 9.17) is 10.4 Å². The molecular formula is C18H13N3O4. The number of carbonyl (C=O) groups excluding carboxylic acids is 1. The van der Waals surface area contributed by atoms with Gasteiger partial charge in [-0.2, -0.15) is 10.5 Å². The number of hydrogen-bond acceptors (Lipinski definition) is 6. The van der Waals surface area contributed by atoms with Crippen molar-refractivity contribution in [1.29, 1.82) is 10.5 Å². The molecule has 0 aliphatic heterocycles. The lowest BCUT2D eigenvalue weighted by Crippen LogP contribution is -2.08.